The second kappa shape index (κ2) is 12.5. The summed E-state index contributed by atoms with van der Waals surface area (Å²) in [6.45, 7) is 6.60. The van der Waals surface area contributed by atoms with Gasteiger partial charge in [0.15, 0.2) is 0 Å². The largest absolute Gasteiger partial charge is 0.457 e. The monoisotopic (exact) mass is 457 g/mol. The Morgan fingerprint density at radius 3 is 2.67 bits per heavy atom. The van der Waals surface area contributed by atoms with E-state index in [9.17, 15) is 19.8 Å². The second-order valence-electron chi connectivity index (χ2n) is 8.84. The van der Waals surface area contributed by atoms with Crippen LogP contribution in [0.1, 0.15) is 52.5 Å². The van der Waals surface area contributed by atoms with Gasteiger partial charge in [0.1, 0.15) is 17.8 Å². The van der Waals surface area contributed by atoms with Gasteiger partial charge in [-0.05, 0) is 62.5 Å². The van der Waals surface area contributed by atoms with E-state index in [1.54, 1.807) is 31.5 Å². The van der Waals surface area contributed by atoms with Crippen LogP contribution in [0.15, 0.2) is 60.5 Å². The number of rotatable bonds is 5. The fourth-order valence-corrected chi connectivity index (χ4v) is 3.67. The van der Waals surface area contributed by atoms with Gasteiger partial charge in [-0.1, -0.05) is 31.2 Å². The van der Waals surface area contributed by atoms with Crippen molar-refractivity contribution < 1.29 is 29.3 Å². The van der Waals surface area contributed by atoms with Crippen LogP contribution in [0.25, 0.3) is 0 Å². The van der Waals surface area contributed by atoms with Crippen molar-refractivity contribution in [2.75, 3.05) is 0 Å². The van der Waals surface area contributed by atoms with Gasteiger partial charge in [-0.2, -0.15) is 0 Å². The maximum Gasteiger partial charge on any atom is 0.309 e. The number of nitrogens with zero attached hydrogens (tertiary/aromatic N) is 1. The summed E-state index contributed by atoms with van der Waals surface area (Å²) < 4.78 is 11.1. The van der Waals surface area contributed by atoms with Gasteiger partial charge in [-0.3, -0.25) is 14.6 Å². The molecule has 0 amide bonds. The highest BCUT2D eigenvalue weighted by atomic mass is 16.6. The van der Waals surface area contributed by atoms with E-state index in [4.69, 9.17) is 9.47 Å². The van der Waals surface area contributed by atoms with E-state index in [0.717, 1.165) is 17.6 Å². The molecule has 1 aliphatic heterocycles. The van der Waals surface area contributed by atoms with E-state index < -0.39 is 35.9 Å². The van der Waals surface area contributed by atoms with E-state index in [-0.39, 0.29) is 25.2 Å². The molecule has 180 valence electrons. The molecule has 2 heterocycles. The lowest BCUT2D eigenvalue weighted by molar-refractivity contribution is -0.157. The van der Waals surface area contributed by atoms with E-state index in [2.05, 4.69) is 4.98 Å². The molecule has 0 saturated carbocycles. The van der Waals surface area contributed by atoms with Crippen LogP contribution in [0.2, 0.25) is 0 Å². The maximum absolute atomic E-state index is 12.5. The molecule has 0 fully saturated rings. The first-order valence-electron chi connectivity index (χ1n) is 11.3. The summed E-state index contributed by atoms with van der Waals surface area (Å²) >= 11 is 0. The molecule has 2 rings (SSSR count). The number of cyclic esters (lactones) is 1. The Hall–Kier alpha value is -2.77. The lowest BCUT2D eigenvalue weighted by atomic mass is 9.88. The summed E-state index contributed by atoms with van der Waals surface area (Å²) in [5.41, 5.74) is 0.578. The molecule has 0 spiro atoms. The lowest BCUT2D eigenvalue weighted by Crippen LogP contribution is -2.42. The third-order valence-electron chi connectivity index (χ3n) is 5.66. The minimum atomic E-state index is -1.39. The number of carbonyl (C=O) groups excluding carboxylic acids is 2. The van der Waals surface area contributed by atoms with E-state index in [1.807, 2.05) is 44.2 Å². The molecule has 2 N–H and O–H groups in total. The smallest absolute Gasteiger partial charge is 0.309 e. The number of aliphatic hydroxyl groups excluding tert-OH is 1. The highest BCUT2D eigenvalue weighted by molar-refractivity contribution is 5.70. The van der Waals surface area contributed by atoms with Crippen LogP contribution >= 0.6 is 0 Å². The average Bonchev–Trinajstić information content (AvgIpc) is 2.76. The molecule has 0 radical (unpaired) electrons. The summed E-state index contributed by atoms with van der Waals surface area (Å²) in [5.74, 6) is -1.27. The minimum absolute atomic E-state index is 0.156. The number of aliphatic hydroxyl groups is 2. The van der Waals surface area contributed by atoms with E-state index >= 15 is 0 Å². The van der Waals surface area contributed by atoms with Gasteiger partial charge in [-0.15, -0.1) is 0 Å². The SMILES string of the molecule is CC(=O)O[C@H]1/C=C/[C@H](C)[C@@H](/C(C)=C/C=C/Cc2ccncc2)OC(=O)C[C@H](O)CC[C@@]1(C)O. The second-order valence-corrected chi connectivity index (χ2v) is 8.84. The van der Waals surface area contributed by atoms with Gasteiger partial charge >= 0.3 is 11.9 Å². The van der Waals surface area contributed by atoms with Crippen LogP contribution < -0.4 is 0 Å². The summed E-state index contributed by atoms with van der Waals surface area (Å²) in [5, 5.41) is 21.1. The number of aromatic nitrogens is 1. The number of carbonyl (C=O) groups is 2. The topological polar surface area (TPSA) is 106 Å². The first kappa shape index (κ1) is 26.5. The molecule has 0 aliphatic carbocycles. The number of hydrogen-bond donors (Lipinski definition) is 2. The van der Waals surface area contributed by atoms with Crippen LogP contribution in [0.3, 0.4) is 0 Å². The molecule has 1 aromatic heterocycles. The van der Waals surface area contributed by atoms with Gasteiger partial charge in [0, 0.05) is 25.2 Å². The third kappa shape index (κ3) is 8.94. The molecule has 0 saturated heterocycles. The van der Waals surface area contributed by atoms with Gasteiger partial charge < -0.3 is 19.7 Å². The highest BCUT2D eigenvalue weighted by Crippen LogP contribution is 2.26. The zero-order chi connectivity index (χ0) is 24.4. The molecule has 0 bridgehead atoms. The standard InChI is InChI=1S/C26H35NO6/c1-18(7-5-6-8-21-12-15-27-16-13-21)25-19(2)9-10-23(32-20(3)28)26(4,31)14-11-22(29)17-24(30)33-25/h5-7,9-10,12-13,15-16,19,22-23,25,29,31H,8,11,14,17H2,1-4H3/b6-5+,10-9+,18-7+/t19-,22+,23-,25+,26+/m0/s1. The summed E-state index contributed by atoms with van der Waals surface area (Å²) in [6.07, 6.45) is 11.2. The molecule has 1 aromatic rings. The van der Waals surface area contributed by atoms with Gasteiger partial charge in [-0.25, -0.2) is 0 Å². The normalized spacial score (nSPS) is 30.7. The zero-order valence-corrected chi connectivity index (χ0v) is 19.8. The van der Waals surface area contributed by atoms with E-state index in [0.29, 0.717) is 0 Å². The average molecular weight is 458 g/mol. The van der Waals surface area contributed by atoms with Gasteiger partial charge in [0.05, 0.1) is 12.5 Å². The van der Waals surface area contributed by atoms with Crippen LogP contribution in [-0.2, 0) is 25.5 Å². The summed E-state index contributed by atoms with van der Waals surface area (Å²) in [6, 6.07) is 3.89. The van der Waals surface area contributed by atoms with Crippen LogP contribution in [0.4, 0.5) is 0 Å². The molecule has 33 heavy (non-hydrogen) atoms. The molecule has 1 aliphatic rings. The fraction of sp³-hybridized carbons (Fsp3) is 0.500. The van der Waals surface area contributed by atoms with Crippen molar-refractivity contribution in [1.82, 2.24) is 4.98 Å². The number of pyridine rings is 1. The summed E-state index contributed by atoms with van der Waals surface area (Å²) in [7, 11) is 0. The van der Waals surface area contributed by atoms with Crippen molar-refractivity contribution in [3.63, 3.8) is 0 Å². The molecular weight excluding hydrogens is 422 g/mol. The van der Waals surface area contributed by atoms with Crippen LogP contribution in [0, 0.1) is 5.92 Å². The maximum atomic E-state index is 12.5. The number of hydrogen-bond acceptors (Lipinski definition) is 7. The Morgan fingerprint density at radius 2 is 2.00 bits per heavy atom. The van der Waals surface area contributed by atoms with Crippen molar-refractivity contribution in [1.29, 1.82) is 0 Å². The third-order valence-corrected chi connectivity index (χ3v) is 5.66. The van der Waals surface area contributed by atoms with Crippen molar-refractivity contribution in [2.45, 2.75) is 77.3 Å². The van der Waals surface area contributed by atoms with Gasteiger partial charge in [0.2, 0.25) is 0 Å². The Bertz CT molecular complexity index is 874. The Morgan fingerprint density at radius 1 is 1.30 bits per heavy atom. The molecule has 0 aromatic carbocycles. The molecule has 7 nitrogen and oxygen atoms in total. The Labute approximate surface area is 195 Å². The fourth-order valence-electron chi connectivity index (χ4n) is 3.67. The van der Waals surface area contributed by atoms with E-state index in [1.165, 1.54) is 6.92 Å². The van der Waals surface area contributed by atoms with Crippen LogP contribution in [-0.4, -0.2) is 51.0 Å². The van der Waals surface area contributed by atoms with Crippen molar-refractivity contribution in [3.05, 3.63) is 66.0 Å². The zero-order valence-electron chi connectivity index (χ0n) is 19.8. The number of esters is 2. The predicted octanol–water partition coefficient (Wildman–Crippen LogP) is 3.46. The van der Waals surface area contributed by atoms with Crippen LogP contribution in [0.5, 0.6) is 0 Å². The summed E-state index contributed by atoms with van der Waals surface area (Å²) in [4.78, 5) is 28.1. The number of allylic oxidation sites excluding steroid dienone is 3. The molecule has 7 heteroatoms. The number of ether oxygens (including phenoxy) is 2. The lowest BCUT2D eigenvalue weighted by Gasteiger charge is -2.32. The van der Waals surface area contributed by atoms with Crippen molar-refractivity contribution in [2.24, 2.45) is 5.92 Å². The van der Waals surface area contributed by atoms with Crippen molar-refractivity contribution in [3.8, 4) is 0 Å². The quantitative estimate of drug-likeness (QED) is 0.396. The Kier molecular flexibility index (Phi) is 10.0. The van der Waals surface area contributed by atoms with Crippen molar-refractivity contribution >= 4 is 11.9 Å². The Balaban J connectivity index is 2.25. The molecule has 0 unspecified atom stereocenters. The highest BCUT2D eigenvalue weighted by Gasteiger charge is 2.34. The first-order valence-corrected chi connectivity index (χ1v) is 11.3. The predicted molar refractivity (Wildman–Crippen MR) is 125 cm³/mol. The first-order chi connectivity index (χ1) is 15.6. The minimum Gasteiger partial charge on any atom is -0.457 e. The molecule has 5 atom stereocenters. The molecular formula is C26H35NO6. The van der Waals surface area contributed by atoms with Gasteiger partial charge in [0.25, 0.3) is 0 Å².